The monoisotopic (exact) mass is 361 g/mol. The largest absolute Gasteiger partial charge is 0.480 e. The number of anilines is 1. The minimum atomic E-state index is -0.950. The number of aliphatic carboxylic acids is 1. The first-order valence-electron chi connectivity index (χ1n) is 8.46. The highest BCUT2D eigenvalue weighted by molar-refractivity contribution is 5.98. The van der Waals surface area contributed by atoms with Gasteiger partial charge in [0.05, 0.1) is 17.6 Å². The van der Waals surface area contributed by atoms with Crippen LogP contribution < -0.4 is 10.6 Å². The normalized spacial score (nSPS) is 17.5. The molecule has 1 aromatic carbocycles. The van der Waals surface area contributed by atoms with Gasteiger partial charge >= 0.3 is 5.97 Å². The van der Waals surface area contributed by atoms with Gasteiger partial charge in [0.2, 0.25) is 5.95 Å². The number of nitrogens with one attached hydrogen (secondary N) is 2. The Hall–Kier alpha value is -2.65. The summed E-state index contributed by atoms with van der Waals surface area (Å²) in [6.07, 6.45) is 0. The molecule has 2 aromatic rings. The first-order valence-corrected chi connectivity index (χ1v) is 8.46. The molecule has 9 nitrogen and oxygen atoms in total. The molecule has 0 spiro atoms. The topological polar surface area (TPSA) is 109 Å². The molecule has 0 unspecified atom stereocenters. The molecule has 1 aliphatic heterocycles. The van der Waals surface area contributed by atoms with E-state index < -0.39 is 12.0 Å². The third kappa shape index (κ3) is 3.63. The summed E-state index contributed by atoms with van der Waals surface area (Å²) in [5.41, 5.74) is 2.12. The number of methoxy groups -OCH3 is 1. The second-order valence-corrected chi connectivity index (χ2v) is 6.21. The van der Waals surface area contributed by atoms with Gasteiger partial charge in [-0.3, -0.25) is 9.59 Å². The molecule has 0 aliphatic carbocycles. The highest BCUT2D eigenvalue weighted by Gasteiger charge is 2.28. The Morgan fingerprint density at radius 2 is 2.27 bits per heavy atom. The van der Waals surface area contributed by atoms with Crippen LogP contribution in [0.5, 0.6) is 0 Å². The number of hydrogen-bond acceptors (Lipinski definition) is 6. The van der Waals surface area contributed by atoms with Crippen molar-refractivity contribution in [3.63, 3.8) is 0 Å². The zero-order valence-electron chi connectivity index (χ0n) is 14.9. The smallest absolute Gasteiger partial charge is 0.322 e. The van der Waals surface area contributed by atoms with E-state index in [1.807, 2.05) is 17.7 Å². The minimum absolute atomic E-state index is 0.151. The predicted molar refractivity (Wildman–Crippen MR) is 96.4 cm³/mol. The van der Waals surface area contributed by atoms with Crippen LogP contribution in [0.4, 0.5) is 5.95 Å². The van der Waals surface area contributed by atoms with E-state index in [1.165, 1.54) is 0 Å². The lowest BCUT2D eigenvalue weighted by molar-refractivity contribution is -0.140. The van der Waals surface area contributed by atoms with Crippen molar-refractivity contribution in [2.75, 3.05) is 45.2 Å². The third-order valence-electron chi connectivity index (χ3n) is 4.48. The highest BCUT2D eigenvalue weighted by atomic mass is 16.5. The maximum absolute atomic E-state index is 12.8. The lowest BCUT2D eigenvalue weighted by Gasteiger charge is -2.31. The number of ether oxygens (including phenoxy) is 1. The van der Waals surface area contributed by atoms with E-state index in [0.29, 0.717) is 43.3 Å². The van der Waals surface area contributed by atoms with E-state index >= 15 is 0 Å². The van der Waals surface area contributed by atoms with Crippen molar-refractivity contribution >= 4 is 28.9 Å². The first kappa shape index (κ1) is 18.2. The zero-order valence-corrected chi connectivity index (χ0v) is 14.9. The van der Waals surface area contributed by atoms with Crippen LogP contribution in [-0.2, 0) is 16.6 Å². The van der Waals surface area contributed by atoms with E-state index in [4.69, 9.17) is 9.84 Å². The molecule has 1 saturated heterocycles. The molecule has 26 heavy (non-hydrogen) atoms. The van der Waals surface area contributed by atoms with Crippen molar-refractivity contribution in [1.29, 1.82) is 0 Å². The molecule has 3 rings (SSSR count). The average Bonchev–Trinajstić information content (AvgIpc) is 2.96. The van der Waals surface area contributed by atoms with Crippen molar-refractivity contribution in [2.24, 2.45) is 7.05 Å². The van der Waals surface area contributed by atoms with Crippen LogP contribution in [-0.4, -0.2) is 77.4 Å². The lowest BCUT2D eigenvalue weighted by atomic mass is 10.1. The fourth-order valence-corrected chi connectivity index (χ4v) is 3.04. The summed E-state index contributed by atoms with van der Waals surface area (Å²) in [4.78, 5) is 30.0. The molecule has 0 saturated carbocycles. The predicted octanol–water partition coefficient (Wildman–Crippen LogP) is 0.130. The molecule has 0 bridgehead atoms. The highest BCUT2D eigenvalue weighted by Crippen LogP contribution is 2.20. The van der Waals surface area contributed by atoms with Crippen LogP contribution in [0.2, 0.25) is 0 Å². The number of imidazole rings is 1. The van der Waals surface area contributed by atoms with Gasteiger partial charge in [0, 0.05) is 45.9 Å². The molecular formula is C17H23N5O4. The van der Waals surface area contributed by atoms with Crippen LogP contribution in [0.1, 0.15) is 10.4 Å². The summed E-state index contributed by atoms with van der Waals surface area (Å²) in [6, 6.07) is 4.62. The molecule has 2 heterocycles. The average molecular weight is 361 g/mol. The number of rotatable bonds is 6. The molecule has 3 N–H and O–H groups in total. The molecular weight excluding hydrogens is 338 g/mol. The molecule has 140 valence electrons. The second kappa shape index (κ2) is 7.71. The number of carboxylic acid groups (broad SMARTS) is 1. The number of fused-ring (bicyclic) bond motifs is 1. The molecule has 1 aliphatic rings. The molecule has 1 fully saturated rings. The fraction of sp³-hybridized carbons (Fsp3) is 0.471. The van der Waals surface area contributed by atoms with Crippen molar-refractivity contribution in [2.45, 2.75) is 6.04 Å². The van der Waals surface area contributed by atoms with Crippen LogP contribution in [0.15, 0.2) is 18.2 Å². The number of aromatic nitrogens is 2. The molecule has 1 amide bonds. The fourth-order valence-electron chi connectivity index (χ4n) is 3.04. The number of piperazine rings is 1. The summed E-state index contributed by atoms with van der Waals surface area (Å²) in [6.45, 7) is 2.30. The second-order valence-electron chi connectivity index (χ2n) is 6.21. The Balaban J connectivity index is 1.79. The summed E-state index contributed by atoms with van der Waals surface area (Å²) < 4.78 is 6.95. The number of carboxylic acids is 1. The minimum Gasteiger partial charge on any atom is -0.480 e. The van der Waals surface area contributed by atoms with Crippen LogP contribution in [0, 0.1) is 0 Å². The molecule has 0 radical (unpaired) electrons. The SMILES string of the molecule is COCCNc1nc2cc(C(=O)N3CCN[C@@H](C(=O)O)C3)ccc2n1C. The zero-order chi connectivity index (χ0) is 18.7. The van der Waals surface area contributed by atoms with E-state index in [-0.39, 0.29) is 12.5 Å². The summed E-state index contributed by atoms with van der Waals surface area (Å²) in [7, 11) is 3.54. The number of benzene rings is 1. The molecule has 1 atom stereocenters. The summed E-state index contributed by atoms with van der Waals surface area (Å²) >= 11 is 0. The Morgan fingerprint density at radius 3 is 3.00 bits per heavy atom. The Labute approximate surface area is 150 Å². The van der Waals surface area contributed by atoms with Gasteiger partial charge in [0.25, 0.3) is 5.91 Å². The Kier molecular flexibility index (Phi) is 5.38. The number of carbonyl (C=O) groups excluding carboxylic acids is 1. The van der Waals surface area contributed by atoms with Crippen molar-refractivity contribution in [3.05, 3.63) is 23.8 Å². The first-order chi connectivity index (χ1) is 12.5. The maximum Gasteiger partial charge on any atom is 0.322 e. The standard InChI is InChI=1S/C17H23N5O4/c1-21-14-4-3-11(9-12(14)20-17(21)19-6-8-26-2)15(23)22-7-5-18-13(10-22)16(24)25/h3-4,9,13,18H,5-8,10H2,1-2H3,(H,19,20)(H,24,25)/t13-/m1/s1. The Bertz CT molecular complexity index is 819. The van der Waals surface area contributed by atoms with E-state index in [2.05, 4.69) is 15.6 Å². The Morgan fingerprint density at radius 1 is 1.46 bits per heavy atom. The van der Waals surface area contributed by atoms with Gasteiger partial charge in [-0.05, 0) is 18.2 Å². The van der Waals surface area contributed by atoms with Crippen molar-refractivity contribution < 1.29 is 19.4 Å². The van der Waals surface area contributed by atoms with E-state index in [9.17, 15) is 9.59 Å². The number of amides is 1. The number of hydrogen-bond donors (Lipinski definition) is 3. The number of nitrogens with zero attached hydrogens (tertiary/aromatic N) is 3. The molecule has 9 heteroatoms. The van der Waals surface area contributed by atoms with Gasteiger partial charge in [0.15, 0.2) is 0 Å². The van der Waals surface area contributed by atoms with Crippen molar-refractivity contribution in [3.8, 4) is 0 Å². The third-order valence-corrected chi connectivity index (χ3v) is 4.48. The number of carbonyl (C=O) groups is 2. The van der Waals surface area contributed by atoms with Crippen LogP contribution in [0.25, 0.3) is 11.0 Å². The van der Waals surface area contributed by atoms with Gasteiger partial charge in [-0.2, -0.15) is 0 Å². The van der Waals surface area contributed by atoms with Gasteiger partial charge in [-0.1, -0.05) is 0 Å². The van der Waals surface area contributed by atoms with Crippen LogP contribution >= 0.6 is 0 Å². The van der Waals surface area contributed by atoms with Gasteiger partial charge < -0.3 is 29.9 Å². The summed E-state index contributed by atoms with van der Waals surface area (Å²) in [5.74, 6) is -0.427. The van der Waals surface area contributed by atoms with E-state index in [1.54, 1.807) is 24.1 Å². The van der Waals surface area contributed by atoms with Gasteiger partial charge in [-0.15, -0.1) is 0 Å². The lowest BCUT2D eigenvalue weighted by Crippen LogP contribution is -2.55. The van der Waals surface area contributed by atoms with Crippen molar-refractivity contribution in [1.82, 2.24) is 19.8 Å². The van der Waals surface area contributed by atoms with Crippen LogP contribution in [0.3, 0.4) is 0 Å². The van der Waals surface area contributed by atoms with Gasteiger partial charge in [0.1, 0.15) is 6.04 Å². The molecule has 1 aromatic heterocycles. The maximum atomic E-state index is 12.8. The van der Waals surface area contributed by atoms with Gasteiger partial charge in [-0.25, -0.2) is 4.98 Å². The summed E-state index contributed by atoms with van der Waals surface area (Å²) in [5, 5.41) is 15.2. The van der Waals surface area contributed by atoms with E-state index in [0.717, 1.165) is 5.52 Å². The number of aryl methyl sites for hydroxylation is 1. The quantitative estimate of drug-likeness (QED) is 0.628.